The van der Waals surface area contributed by atoms with E-state index in [-0.39, 0.29) is 5.92 Å². The average molecular weight is 200 g/mol. The van der Waals surface area contributed by atoms with Crippen LogP contribution in [0.2, 0.25) is 0 Å². The lowest BCUT2D eigenvalue weighted by molar-refractivity contribution is 0.125. The summed E-state index contributed by atoms with van der Waals surface area (Å²) in [5.74, 6) is -1.60. The Hall–Kier alpha value is -0.960. The van der Waals surface area contributed by atoms with E-state index in [1.165, 1.54) is 6.07 Å². The summed E-state index contributed by atoms with van der Waals surface area (Å²) in [7, 11) is 0. The molecule has 0 aliphatic carbocycles. The van der Waals surface area contributed by atoms with Crippen molar-refractivity contribution in [3.8, 4) is 0 Å². The lowest BCUT2D eigenvalue weighted by atomic mass is 9.99. The highest BCUT2D eigenvalue weighted by atomic mass is 19.2. The molecule has 0 bridgehead atoms. The zero-order valence-corrected chi connectivity index (χ0v) is 8.30. The molecular weight excluding hydrogens is 186 g/mol. The third kappa shape index (κ3) is 2.77. The number of halogens is 2. The molecule has 0 aliphatic heterocycles. The zero-order valence-electron chi connectivity index (χ0n) is 8.30. The largest absolute Gasteiger partial charge is 0.393 e. The monoisotopic (exact) mass is 200 g/mol. The molecule has 14 heavy (non-hydrogen) atoms. The van der Waals surface area contributed by atoms with Gasteiger partial charge in [0.2, 0.25) is 0 Å². The summed E-state index contributed by atoms with van der Waals surface area (Å²) in [6.07, 6.45) is -0.158. The van der Waals surface area contributed by atoms with Crippen molar-refractivity contribution >= 4 is 0 Å². The lowest BCUT2D eigenvalue weighted by Crippen LogP contribution is -2.17. The highest BCUT2D eigenvalue weighted by molar-refractivity contribution is 5.18. The van der Waals surface area contributed by atoms with E-state index in [9.17, 15) is 13.9 Å². The quantitative estimate of drug-likeness (QED) is 0.794. The van der Waals surface area contributed by atoms with Crippen LogP contribution in [0.1, 0.15) is 19.4 Å². The molecule has 0 saturated carbocycles. The summed E-state index contributed by atoms with van der Waals surface area (Å²) in [6, 6.07) is 3.70. The van der Waals surface area contributed by atoms with E-state index in [0.29, 0.717) is 12.0 Å². The van der Waals surface area contributed by atoms with Crippen molar-refractivity contribution in [2.45, 2.75) is 26.4 Å². The molecule has 1 aromatic rings. The Labute approximate surface area is 82.4 Å². The Morgan fingerprint density at radius 3 is 2.36 bits per heavy atom. The second kappa shape index (κ2) is 4.51. The molecule has 0 amide bonds. The van der Waals surface area contributed by atoms with Crippen LogP contribution in [0, 0.1) is 17.6 Å². The summed E-state index contributed by atoms with van der Waals surface area (Å²) in [5.41, 5.74) is 0.616. The van der Waals surface area contributed by atoms with Crippen LogP contribution in [-0.2, 0) is 6.42 Å². The van der Waals surface area contributed by atoms with Crippen LogP contribution in [0.4, 0.5) is 8.78 Å². The highest BCUT2D eigenvalue weighted by Gasteiger charge is 2.11. The van der Waals surface area contributed by atoms with E-state index in [1.54, 1.807) is 0 Å². The van der Waals surface area contributed by atoms with Gasteiger partial charge in [0.15, 0.2) is 11.6 Å². The van der Waals surface area contributed by atoms with E-state index in [4.69, 9.17) is 0 Å². The molecule has 0 heterocycles. The Balaban J connectivity index is 2.73. The maximum atomic E-state index is 12.8. The van der Waals surface area contributed by atoms with Gasteiger partial charge in [-0.05, 0) is 30.0 Å². The summed E-state index contributed by atoms with van der Waals surface area (Å²) < 4.78 is 25.3. The molecule has 0 fully saturated rings. The van der Waals surface area contributed by atoms with Gasteiger partial charge in [0.25, 0.3) is 0 Å². The van der Waals surface area contributed by atoms with Gasteiger partial charge in [0.1, 0.15) is 0 Å². The second-order valence-corrected chi connectivity index (χ2v) is 3.76. The fourth-order valence-electron chi connectivity index (χ4n) is 1.14. The van der Waals surface area contributed by atoms with E-state index in [2.05, 4.69) is 0 Å². The molecule has 78 valence electrons. The summed E-state index contributed by atoms with van der Waals surface area (Å²) >= 11 is 0. The minimum Gasteiger partial charge on any atom is -0.393 e. The normalized spacial score (nSPS) is 13.3. The Morgan fingerprint density at radius 1 is 1.21 bits per heavy atom. The van der Waals surface area contributed by atoms with Gasteiger partial charge in [-0.25, -0.2) is 8.78 Å². The van der Waals surface area contributed by atoms with Gasteiger partial charge in [0.05, 0.1) is 6.10 Å². The third-order valence-electron chi connectivity index (χ3n) is 2.20. The molecule has 0 saturated heterocycles. The number of aliphatic hydroxyl groups excluding tert-OH is 1. The zero-order chi connectivity index (χ0) is 10.7. The molecule has 1 rings (SSSR count). The molecule has 1 aromatic carbocycles. The predicted octanol–water partition coefficient (Wildman–Crippen LogP) is 2.52. The average Bonchev–Trinajstić information content (AvgIpc) is 2.11. The summed E-state index contributed by atoms with van der Waals surface area (Å²) in [5, 5.41) is 9.52. The summed E-state index contributed by atoms with van der Waals surface area (Å²) in [6.45, 7) is 3.76. The fraction of sp³-hybridized carbons (Fsp3) is 0.455. The molecule has 1 nitrogen and oxygen atoms in total. The smallest absolute Gasteiger partial charge is 0.159 e. The number of hydrogen-bond acceptors (Lipinski definition) is 1. The van der Waals surface area contributed by atoms with Crippen molar-refractivity contribution in [3.63, 3.8) is 0 Å². The Morgan fingerprint density at radius 2 is 1.86 bits per heavy atom. The highest BCUT2D eigenvalue weighted by Crippen LogP contribution is 2.13. The van der Waals surface area contributed by atoms with Crippen LogP contribution >= 0.6 is 0 Å². The van der Waals surface area contributed by atoms with Gasteiger partial charge in [-0.3, -0.25) is 0 Å². The number of aliphatic hydroxyl groups is 1. The van der Waals surface area contributed by atoms with Gasteiger partial charge < -0.3 is 5.11 Å². The number of benzene rings is 1. The molecule has 3 heteroatoms. The lowest BCUT2D eigenvalue weighted by Gasteiger charge is -2.14. The first kappa shape index (κ1) is 11.1. The van der Waals surface area contributed by atoms with Crippen molar-refractivity contribution in [2.75, 3.05) is 0 Å². The van der Waals surface area contributed by atoms with Crippen LogP contribution in [0.15, 0.2) is 18.2 Å². The van der Waals surface area contributed by atoms with E-state index >= 15 is 0 Å². The minimum absolute atomic E-state index is 0.114. The molecule has 0 aromatic heterocycles. The van der Waals surface area contributed by atoms with E-state index in [0.717, 1.165) is 12.1 Å². The standard InChI is InChI=1S/C11H14F2O/c1-7(2)11(14)6-8-3-4-9(12)10(13)5-8/h3-5,7,11,14H,6H2,1-2H3. The maximum absolute atomic E-state index is 12.8. The molecule has 0 spiro atoms. The van der Waals surface area contributed by atoms with Crippen molar-refractivity contribution in [1.29, 1.82) is 0 Å². The van der Waals surface area contributed by atoms with Crippen LogP contribution in [0.5, 0.6) is 0 Å². The molecular formula is C11H14F2O. The second-order valence-electron chi connectivity index (χ2n) is 3.76. The predicted molar refractivity (Wildman–Crippen MR) is 50.9 cm³/mol. The summed E-state index contributed by atoms with van der Waals surface area (Å²) in [4.78, 5) is 0. The SMILES string of the molecule is CC(C)C(O)Cc1ccc(F)c(F)c1. The van der Waals surface area contributed by atoms with E-state index in [1.807, 2.05) is 13.8 Å². The Bertz CT molecular complexity index is 310. The number of rotatable bonds is 3. The van der Waals surface area contributed by atoms with Gasteiger partial charge in [-0.1, -0.05) is 19.9 Å². The van der Waals surface area contributed by atoms with Crippen molar-refractivity contribution < 1.29 is 13.9 Å². The molecule has 1 N–H and O–H groups in total. The minimum atomic E-state index is -0.863. The van der Waals surface area contributed by atoms with Crippen LogP contribution in [0.3, 0.4) is 0 Å². The van der Waals surface area contributed by atoms with Gasteiger partial charge in [0, 0.05) is 0 Å². The molecule has 1 unspecified atom stereocenters. The first-order valence-electron chi connectivity index (χ1n) is 4.62. The first-order valence-corrected chi connectivity index (χ1v) is 4.62. The van der Waals surface area contributed by atoms with Crippen LogP contribution in [0.25, 0.3) is 0 Å². The number of hydrogen-bond donors (Lipinski definition) is 1. The molecule has 0 radical (unpaired) electrons. The van der Waals surface area contributed by atoms with Crippen molar-refractivity contribution in [2.24, 2.45) is 5.92 Å². The van der Waals surface area contributed by atoms with Gasteiger partial charge >= 0.3 is 0 Å². The van der Waals surface area contributed by atoms with Gasteiger partial charge in [-0.2, -0.15) is 0 Å². The topological polar surface area (TPSA) is 20.2 Å². The van der Waals surface area contributed by atoms with Crippen molar-refractivity contribution in [1.82, 2.24) is 0 Å². The maximum Gasteiger partial charge on any atom is 0.159 e. The fourth-order valence-corrected chi connectivity index (χ4v) is 1.14. The van der Waals surface area contributed by atoms with Crippen LogP contribution < -0.4 is 0 Å². The molecule has 1 atom stereocenters. The first-order chi connectivity index (χ1) is 6.50. The Kier molecular flexibility index (Phi) is 3.58. The van der Waals surface area contributed by atoms with Crippen LogP contribution in [-0.4, -0.2) is 11.2 Å². The van der Waals surface area contributed by atoms with E-state index < -0.39 is 17.7 Å². The third-order valence-corrected chi connectivity index (χ3v) is 2.20. The van der Waals surface area contributed by atoms with Gasteiger partial charge in [-0.15, -0.1) is 0 Å². The van der Waals surface area contributed by atoms with Crippen molar-refractivity contribution in [3.05, 3.63) is 35.4 Å². The molecule has 0 aliphatic rings.